The molecule has 8 nitrogen and oxygen atoms in total. The molecule has 2 aliphatic rings. The van der Waals surface area contributed by atoms with Gasteiger partial charge in [-0.15, -0.1) is 0 Å². The molecular weight excluding hydrogens is 364 g/mol. The topological polar surface area (TPSA) is 94.2 Å². The number of methoxy groups -OCH3 is 2. The fourth-order valence-corrected chi connectivity index (χ4v) is 3.57. The van der Waals surface area contributed by atoms with E-state index in [1.807, 2.05) is 0 Å². The minimum absolute atomic E-state index is 0.00749. The summed E-state index contributed by atoms with van der Waals surface area (Å²) >= 11 is 0. The van der Waals surface area contributed by atoms with E-state index < -0.39 is 11.9 Å². The number of amides is 1. The van der Waals surface area contributed by atoms with Crippen molar-refractivity contribution in [3.63, 3.8) is 0 Å². The molecule has 1 amide bonds. The molecule has 150 valence electrons. The maximum atomic E-state index is 12.6. The highest BCUT2D eigenvalue weighted by Gasteiger charge is 2.33. The minimum Gasteiger partial charge on any atom is -0.466 e. The number of anilines is 2. The average Bonchev–Trinajstić information content (AvgIpc) is 3.27. The van der Waals surface area contributed by atoms with Gasteiger partial charge in [-0.2, -0.15) is 0 Å². The maximum Gasteiger partial charge on any atom is 0.355 e. The lowest BCUT2D eigenvalue weighted by Gasteiger charge is -2.32. The van der Waals surface area contributed by atoms with Crippen molar-refractivity contribution in [1.82, 2.24) is 0 Å². The number of ether oxygens (including phenoxy) is 3. The van der Waals surface area contributed by atoms with Gasteiger partial charge in [-0.25, -0.2) is 9.59 Å². The Hall–Kier alpha value is -2.87. The SMILES string of the molecule is COC(=O)C1=C(C(=O)OC)N(c2ccccc2NC(=O)C2CCCC2)COC1. The summed E-state index contributed by atoms with van der Waals surface area (Å²) in [5, 5.41) is 2.96. The number of rotatable bonds is 5. The Morgan fingerprint density at radius 3 is 2.43 bits per heavy atom. The van der Waals surface area contributed by atoms with Crippen LogP contribution in [0.15, 0.2) is 35.5 Å². The molecule has 3 rings (SSSR count). The van der Waals surface area contributed by atoms with Crippen molar-refractivity contribution in [3.8, 4) is 0 Å². The van der Waals surface area contributed by atoms with E-state index in [-0.39, 0.29) is 36.4 Å². The molecule has 0 aromatic heterocycles. The van der Waals surface area contributed by atoms with E-state index in [1.54, 1.807) is 24.3 Å². The summed E-state index contributed by atoms with van der Waals surface area (Å²) in [7, 11) is 2.48. The standard InChI is InChI=1S/C20H24N2O6/c1-26-19(24)14-11-28-12-22(17(14)20(25)27-2)16-10-6-5-9-15(16)21-18(23)13-7-3-4-8-13/h5-6,9-10,13H,3-4,7-8,11-12H2,1-2H3,(H,21,23). The second-order valence-electron chi connectivity index (χ2n) is 6.70. The molecule has 1 heterocycles. The smallest absolute Gasteiger partial charge is 0.355 e. The van der Waals surface area contributed by atoms with Crippen LogP contribution in [-0.4, -0.2) is 45.4 Å². The quantitative estimate of drug-likeness (QED) is 0.773. The zero-order valence-corrected chi connectivity index (χ0v) is 16.0. The van der Waals surface area contributed by atoms with Crippen LogP contribution in [0.2, 0.25) is 0 Å². The molecule has 28 heavy (non-hydrogen) atoms. The molecule has 0 saturated heterocycles. The number of esters is 2. The van der Waals surface area contributed by atoms with Crippen molar-refractivity contribution >= 4 is 29.2 Å². The monoisotopic (exact) mass is 388 g/mol. The number of para-hydroxylation sites is 2. The van der Waals surface area contributed by atoms with Gasteiger partial charge >= 0.3 is 11.9 Å². The summed E-state index contributed by atoms with van der Waals surface area (Å²) in [5.41, 5.74) is 1.19. The second-order valence-corrected chi connectivity index (χ2v) is 6.70. The van der Waals surface area contributed by atoms with Crippen molar-refractivity contribution in [2.24, 2.45) is 5.92 Å². The highest BCUT2D eigenvalue weighted by molar-refractivity contribution is 6.05. The van der Waals surface area contributed by atoms with Crippen molar-refractivity contribution in [1.29, 1.82) is 0 Å². The average molecular weight is 388 g/mol. The Labute approximate surface area is 163 Å². The normalized spacial score (nSPS) is 17.4. The predicted molar refractivity (Wildman–Crippen MR) is 101 cm³/mol. The van der Waals surface area contributed by atoms with Gasteiger partial charge in [-0.3, -0.25) is 4.79 Å². The van der Waals surface area contributed by atoms with E-state index in [0.29, 0.717) is 11.4 Å². The predicted octanol–water partition coefficient (Wildman–Crippen LogP) is 2.21. The first-order valence-electron chi connectivity index (χ1n) is 9.21. The van der Waals surface area contributed by atoms with E-state index >= 15 is 0 Å². The van der Waals surface area contributed by atoms with Gasteiger partial charge in [-0.05, 0) is 25.0 Å². The summed E-state index contributed by atoms with van der Waals surface area (Å²) in [6, 6.07) is 7.07. The first-order chi connectivity index (χ1) is 13.6. The zero-order chi connectivity index (χ0) is 20.1. The number of hydrogen-bond donors (Lipinski definition) is 1. The molecule has 1 fully saturated rings. The van der Waals surface area contributed by atoms with Crippen molar-refractivity contribution < 1.29 is 28.6 Å². The third kappa shape index (κ3) is 4.01. The van der Waals surface area contributed by atoms with Crippen LogP contribution >= 0.6 is 0 Å². The molecule has 1 aromatic rings. The summed E-state index contributed by atoms with van der Waals surface area (Å²) in [5.74, 6) is -1.40. The Kier molecular flexibility index (Phi) is 6.30. The Bertz CT molecular complexity index is 798. The van der Waals surface area contributed by atoms with Crippen molar-refractivity contribution in [3.05, 3.63) is 35.5 Å². The van der Waals surface area contributed by atoms with Gasteiger partial charge in [0.05, 0.1) is 37.8 Å². The van der Waals surface area contributed by atoms with Crippen LogP contribution in [0, 0.1) is 5.92 Å². The number of carbonyl (C=O) groups is 3. The van der Waals surface area contributed by atoms with E-state index in [4.69, 9.17) is 14.2 Å². The largest absolute Gasteiger partial charge is 0.466 e. The molecule has 0 unspecified atom stereocenters. The fourth-order valence-electron chi connectivity index (χ4n) is 3.57. The van der Waals surface area contributed by atoms with Crippen LogP contribution < -0.4 is 10.2 Å². The molecule has 1 aliphatic heterocycles. The molecule has 0 spiro atoms. The lowest BCUT2D eigenvalue weighted by molar-refractivity contribution is -0.140. The molecule has 0 radical (unpaired) electrons. The lowest BCUT2D eigenvalue weighted by Crippen LogP contribution is -2.39. The molecule has 1 aromatic carbocycles. The molecular formula is C20H24N2O6. The number of nitrogens with one attached hydrogen (secondary N) is 1. The van der Waals surface area contributed by atoms with Crippen LogP contribution in [-0.2, 0) is 28.6 Å². The number of nitrogens with zero attached hydrogens (tertiary/aromatic N) is 1. The zero-order valence-electron chi connectivity index (χ0n) is 16.0. The summed E-state index contributed by atoms with van der Waals surface area (Å²) < 4.78 is 15.2. The van der Waals surface area contributed by atoms with Gasteiger partial charge in [0, 0.05) is 5.92 Å². The number of hydrogen-bond acceptors (Lipinski definition) is 7. The van der Waals surface area contributed by atoms with E-state index in [9.17, 15) is 14.4 Å². The van der Waals surface area contributed by atoms with Crippen LogP contribution in [0.5, 0.6) is 0 Å². The van der Waals surface area contributed by atoms with Crippen LogP contribution in [0.4, 0.5) is 11.4 Å². The van der Waals surface area contributed by atoms with Crippen LogP contribution in [0.25, 0.3) is 0 Å². The first-order valence-corrected chi connectivity index (χ1v) is 9.21. The highest BCUT2D eigenvalue weighted by atomic mass is 16.5. The second kappa shape index (κ2) is 8.88. The fraction of sp³-hybridized carbons (Fsp3) is 0.450. The van der Waals surface area contributed by atoms with Gasteiger partial charge in [0.1, 0.15) is 12.4 Å². The number of carbonyl (C=O) groups excluding carboxylic acids is 3. The molecule has 8 heteroatoms. The maximum absolute atomic E-state index is 12.6. The third-order valence-corrected chi connectivity index (χ3v) is 5.01. The molecule has 1 N–H and O–H groups in total. The lowest BCUT2D eigenvalue weighted by atomic mass is 10.1. The molecule has 1 aliphatic carbocycles. The van der Waals surface area contributed by atoms with E-state index in [1.165, 1.54) is 19.1 Å². The van der Waals surface area contributed by atoms with Gasteiger partial charge < -0.3 is 24.4 Å². The van der Waals surface area contributed by atoms with Crippen molar-refractivity contribution in [2.75, 3.05) is 37.8 Å². The summed E-state index contributed by atoms with van der Waals surface area (Å²) in [4.78, 5) is 38.7. The molecule has 0 bridgehead atoms. The highest BCUT2D eigenvalue weighted by Crippen LogP contribution is 2.34. The summed E-state index contributed by atoms with van der Waals surface area (Å²) in [6.07, 6.45) is 3.86. The van der Waals surface area contributed by atoms with Crippen molar-refractivity contribution in [2.45, 2.75) is 25.7 Å². The van der Waals surface area contributed by atoms with Gasteiger partial charge in [0.2, 0.25) is 5.91 Å². The first kappa shape index (κ1) is 19.9. The van der Waals surface area contributed by atoms with Gasteiger partial charge in [0.15, 0.2) is 0 Å². The summed E-state index contributed by atoms with van der Waals surface area (Å²) in [6.45, 7) is -0.0363. The number of benzene rings is 1. The van der Waals surface area contributed by atoms with E-state index in [0.717, 1.165) is 25.7 Å². The Morgan fingerprint density at radius 2 is 1.75 bits per heavy atom. The Morgan fingerprint density at radius 1 is 1.07 bits per heavy atom. The molecule has 1 saturated carbocycles. The minimum atomic E-state index is -0.680. The molecule has 0 atom stereocenters. The van der Waals surface area contributed by atoms with Gasteiger partial charge in [-0.1, -0.05) is 25.0 Å². The third-order valence-electron chi connectivity index (χ3n) is 5.01. The van der Waals surface area contributed by atoms with Crippen LogP contribution in [0.1, 0.15) is 25.7 Å². The Balaban J connectivity index is 1.98. The van der Waals surface area contributed by atoms with E-state index in [2.05, 4.69) is 5.32 Å². The van der Waals surface area contributed by atoms with Crippen LogP contribution in [0.3, 0.4) is 0 Å². The van der Waals surface area contributed by atoms with Gasteiger partial charge in [0.25, 0.3) is 0 Å².